The Bertz CT molecular complexity index is 1110. The van der Waals surface area contributed by atoms with E-state index in [1.54, 1.807) is 0 Å². The van der Waals surface area contributed by atoms with Crippen molar-refractivity contribution in [3.8, 4) is 34.0 Å². The number of benzene rings is 2. The Balaban J connectivity index is 2.10. The number of alkyl halides is 9. The van der Waals surface area contributed by atoms with Crippen LogP contribution in [0.5, 0.6) is 11.5 Å². The number of ether oxygens (including phenoxy) is 2. The molecule has 0 unspecified atom stereocenters. The summed E-state index contributed by atoms with van der Waals surface area (Å²) < 4.78 is 123. The van der Waals surface area contributed by atoms with E-state index in [0.29, 0.717) is 6.07 Å². The van der Waals surface area contributed by atoms with Crippen LogP contribution in [0.2, 0.25) is 0 Å². The first-order valence-electron chi connectivity index (χ1n) is 8.52. The number of hydrogen-bond donors (Lipinski definition) is 0. The van der Waals surface area contributed by atoms with Gasteiger partial charge in [0.15, 0.2) is 0 Å². The predicted molar refractivity (Wildman–Crippen MR) is 93.5 cm³/mol. The number of pyridine rings is 1. The molecule has 3 aromatic rings. The zero-order valence-corrected chi connectivity index (χ0v) is 15.4. The molecule has 0 saturated carbocycles. The molecule has 0 aliphatic rings. The minimum atomic E-state index is -5.07. The van der Waals surface area contributed by atoms with E-state index in [-0.39, 0.29) is 16.8 Å². The highest BCUT2D eigenvalue weighted by atomic mass is 19.4. The number of aromatic nitrogens is 1. The molecule has 170 valence electrons. The maximum absolute atomic E-state index is 13.5. The zero-order chi connectivity index (χ0) is 23.7. The Kier molecular flexibility index (Phi) is 5.98. The summed E-state index contributed by atoms with van der Waals surface area (Å²) in [5.41, 5.74) is -2.51. The molecule has 32 heavy (non-hydrogen) atoms. The Hall–Kier alpha value is -3.44. The second-order valence-corrected chi connectivity index (χ2v) is 6.24. The second-order valence-electron chi connectivity index (χ2n) is 6.24. The number of nitrogens with zero attached hydrogens (tertiary/aromatic N) is 1. The lowest BCUT2D eigenvalue weighted by Crippen LogP contribution is -2.17. The van der Waals surface area contributed by atoms with Crippen LogP contribution < -0.4 is 9.47 Å². The van der Waals surface area contributed by atoms with E-state index in [1.807, 2.05) is 0 Å². The molecule has 0 aliphatic carbocycles. The van der Waals surface area contributed by atoms with Crippen LogP contribution in [0, 0.1) is 0 Å². The van der Waals surface area contributed by atoms with Gasteiger partial charge in [-0.05, 0) is 36.4 Å². The summed E-state index contributed by atoms with van der Waals surface area (Å²) in [6, 6.07) is 9.66. The molecule has 0 aliphatic heterocycles. The van der Waals surface area contributed by atoms with E-state index in [2.05, 4.69) is 14.5 Å². The molecule has 3 nitrogen and oxygen atoms in total. The van der Waals surface area contributed by atoms with Gasteiger partial charge < -0.3 is 9.47 Å². The molecule has 2 aromatic carbocycles. The predicted octanol–water partition coefficient (Wildman–Crippen LogP) is 7.23. The minimum absolute atomic E-state index is 0.00980. The zero-order valence-electron chi connectivity index (χ0n) is 15.4. The maximum atomic E-state index is 13.5. The average Bonchev–Trinajstić information content (AvgIpc) is 2.64. The summed E-state index contributed by atoms with van der Waals surface area (Å²) in [7, 11) is 0. The summed E-state index contributed by atoms with van der Waals surface area (Å²) in [4.78, 5) is 3.86. The third-order valence-electron chi connectivity index (χ3n) is 3.91. The van der Waals surface area contributed by atoms with Crippen molar-refractivity contribution >= 4 is 0 Å². The smallest absolute Gasteiger partial charge is 0.406 e. The third kappa shape index (κ3) is 6.05. The van der Waals surface area contributed by atoms with Gasteiger partial charge in [-0.2, -0.15) is 13.2 Å². The Morgan fingerprint density at radius 1 is 0.594 bits per heavy atom. The average molecular weight is 467 g/mol. The van der Waals surface area contributed by atoms with Crippen LogP contribution in [0.4, 0.5) is 39.5 Å². The molecule has 0 fully saturated rings. The maximum Gasteiger partial charge on any atom is 0.573 e. The molecule has 0 saturated heterocycles. The summed E-state index contributed by atoms with van der Waals surface area (Å²) >= 11 is 0. The van der Waals surface area contributed by atoms with E-state index in [1.165, 1.54) is 12.1 Å². The van der Waals surface area contributed by atoms with Crippen LogP contribution in [0.15, 0.2) is 60.7 Å². The monoisotopic (exact) mass is 467 g/mol. The molecular formula is C20H10F9NO2. The highest BCUT2D eigenvalue weighted by Crippen LogP contribution is 2.39. The van der Waals surface area contributed by atoms with Crippen LogP contribution in [-0.4, -0.2) is 17.7 Å². The fourth-order valence-electron chi connectivity index (χ4n) is 2.76. The van der Waals surface area contributed by atoms with Gasteiger partial charge in [0.2, 0.25) is 0 Å². The Labute approximate surface area is 174 Å². The van der Waals surface area contributed by atoms with E-state index in [4.69, 9.17) is 0 Å². The first-order chi connectivity index (χ1) is 14.7. The minimum Gasteiger partial charge on any atom is -0.406 e. The quantitative estimate of drug-likeness (QED) is 0.380. The van der Waals surface area contributed by atoms with Gasteiger partial charge in [0.1, 0.15) is 11.5 Å². The van der Waals surface area contributed by atoms with Gasteiger partial charge in [-0.3, -0.25) is 0 Å². The van der Waals surface area contributed by atoms with Crippen molar-refractivity contribution in [1.29, 1.82) is 0 Å². The summed E-state index contributed by atoms with van der Waals surface area (Å²) in [6.45, 7) is 0. The lowest BCUT2D eigenvalue weighted by Gasteiger charge is -2.16. The molecule has 1 heterocycles. The van der Waals surface area contributed by atoms with Crippen LogP contribution in [-0.2, 0) is 6.18 Å². The van der Waals surface area contributed by atoms with E-state index in [9.17, 15) is 39.5 Å². The van der Waals surface area contributed by atoms with E-state index >= 15 is 0 Å². The Morgan fingerprint density at radius 3 is 1.59 bits per heavy atom. The van der Waals surface area contributed by atoms with Crippen LogP contribution in [0.1, 0.15) is 5.56 Å². The normalized spacial score (nSPS) is 12.5. The highest BCUT2D eigenvalue weighted by molar-refractivity contribution is 5.71. The van der Waals surface area contributed by atoms with Gasteiger partial charge in [0.05, 0.1) is 17.0 Å². The van der Waals surface area contributed by atoms with Gasteiger partial charge in [0, 0.05) is 11.1 Å². The largest absolute Gasteiger partial charge is 0.573 e. The van der Waals surface area contributed by atoms with Crippen molar-refractivity contribution in [2.75, 3.05) is 0 Å². The van der Waals surface area contributed by atoms with Crippen LogP contribution in [0.3, 0.4) is 0 Å². The first-order valence-corrected chi connectivity index (χ1v) is 8.52. The van der Waals surface area contributed by atoms with Gasteiger partial charge in [-0.1, -0.05) is 24.3 Å². The highest BCUT2D eigenvalue weighted by Gasteiger charge is 2.36. The molecule has 0 amide bonds. The lowest BCUT2D eigenvalue weighted by atomic mass is 10.0. The first kappa shape index (κ1) is 23.2. The molecule has 1 aromatic heterocycles. The molecule has 0 atom stereocenters. The molecule has 0 bridgehead atoms. The van der Waals surface area contributed by atoms with Gasteiger partial charge in [-0.25, -0.2) is 4.98 Å². The number of rotatable bonds is 4. The van der Waals surface area contributed by atoms with E-state index < -0.39 is 41.7 Å². The summed E-state index contributed by atoms with van der Waals surface area (Å²) in [5, 5.41) is 0. The van der Waals surface area contributed by atoms with Gasteiger partial charge in [0.25, 0.3) is 0 Å². The number of hydrogen-bond acceptors (Lipinski definition) is 3. The Morgan fingerprint density at radius 2 is 1.09 bits per heavy atom. The van der Waals surface area contributed by atoms with Crippen molar-refractivity contribution < 1.29 is 49.0 Å². The van der Waals surface area contributed by atoms with Crippen molar-refractivity contribution in [3.63, 3.8) is 0 Å². The lowest BCUT2D eigenvalue weighted by molar-refractivity contribution is -0.275. The summed E-state index contributed by atoms with van der Waals surface area (Å²) in [5.74, 6) is -1.39. The molecular weight excluding hydrogens is 457 g/mol. The topological polar surface area (TPSA) is 31.4 Å². The van der Waals surface area contributed by atoms with E-state index in [0.717, 1.165) is 42.5 Å². The SMILES string of the molecule is FC(F)(F)Oc1cccc(-c2ccc(C(F)(F)F)c(-c3cccc(OC(F)(F)F)c3)n2)c1. The van der Waals surface area contributed by atoms with Crippen molar-refractivity contribution in [2.24, 2.45) is 0 Å². The second kappa shape index (κ2) is 8.24. The fourth-order valence-corrected chi connectivity index (χ4v) is 2.76. The molecule has 0 spiro atoms. The van der Waals surface area contributed by atoms with Crippen LogP contribution >= 0.6 is 0 Å². The van der Waals surface area contributed by atoms with Crippen LogP contribution in [0.25, 0.3) is 22.5 Å². The standard InChI is InChI=1S/C20H10F9NO2/c21-18(22,23)15-7-8-16(11-3-1-5-13(9-11)31-19(24,25)26)30-17(15)12-4-2-6-14(10-12)32-20(27,28)29/h1-10H. The fraction of sp³-hybridized carbons (Fsp3) is 0.150. The number of halogens is 9. The van der Waals surface area contributed by atoms with Crippen molar-refractivity contribution in [3.05, 3.63) is 66.2 Å². The molecule has 3 rings (SSSR count). The molecule has 0 radical (unpaired) electrons. The molecule has 12 heteroatoms. The van der Waals surface area contributed by atoms with Gasteiger partial charge in [-0.15, -0.1) is 26.3 Å². The van der Waals surface area contributed by atoms with Crippen molar-refractivity contribution in [1.82, 2.24) is 4.98 Å². The summed E-state index contributed by atoms with van der Waals surface area (Å²) in [6.07, 6.45) is -15.0. The molecule has 0 N–H and O–H groups in total. The van der Waals surface area contributed by atoms with Gasteiger partial charge >= 0.3 is 18.9 Å². The van der Waals surface area contributed by atoms with Crippen molar-refractivity contribution in [2.45, 2.75) is 18.9 Å². The third-order valence-corrected chi connectivity index (χ3v) is 3.91.